The molecule has 2 N–H and O–H groups in total. The van der Waals surface area contributed by atoms with Crippen molar-refractivity contribution in [3.63, 3.8) is 0 Å². The fourth-order valence-electron chi connectivity index (χ4n) is 1.22. The minimum atomic E-state index is 0.0407. The average molecular weight is 213 g/mol. The smallest absolute Gasteiger partial charge is 0.0667 e. The van der Waals surface area contributed by atoms with Gasteiger partial charge < -0.3 is 10.5 Å². The van der Waals surface area contributed by atoms with Crippen molar-refractivity contribution in [1.82, 2.24) is 0 Å². The van der Waals surface area contributed by atoms with Gasteiger partial charge in [-0.05, 0) is 31.9 Å². The second-order valence-corrected chi connectivity index (χ2v) is 4.86. The maximum atomic E-state index is 6.00. The van der Waals surface area contributed by atoms with Crippen LogP contribution in [0.25, 0.3) is 0 Å². The number of rotatable bonds is 5. The second-order valence-electron chi connectivity index (χ2n) is 3.57. The highest BCUT2D eigenvalue weighted by molar-refractivity contribution is 7.12. The Labute approximate surface area is 90.1 Å². The molecule has 0 fully saturated rings. The molecule has 0 aliphatic carbocycles. The molecule has 0 radical (unpaired) electrons. The molecule has 1 aromatic heterocycles. The van der Waals surface area contributed by atoms with Crippen LogP contribution in [0, 0.1) is 13.8 Å². The highest BCUT2D eigenvalue weighted by Gasteiger charge is 2.09. The monoisotopic (exact) mass is 213 g/mol. The van der Waals surface area contributed by atoms with Crippen LogP contribution in [0.3, 0.4) is 0 Å². The lowest BCUT2D eigenvalue weighted by molar-refractivity contribution is 0.122. The Kier molecular flexibility index (Phi) is 4.58. The van der Waals surface area contributed by atoms with Crippen LogP contribution in [-0.2, 0) is 4.74 Å². The first-order chi connectivity index (χ1) is 6.65. The highest BCUT2D eigenvalue weighted by atomic mass is 32.1. The van der Waals surface area contributed by atoms with E-state index in [4.69, 9.17) is 10.5 Å². The summed E-state index contributed by atoms with van der Waals surface area (Å²) in [5.74, 6) is 0. The van der Waals surface area contributed by atoms with E-state index in [0.717, 1.165) is 13.0 Å². The summed E-state index contributed by atoms with van der Waals surface area (Å²) in [6.45, 7) is 7.79. The Balaban J connectivity index is 2.47. The van der Waals surface area contributed by atoms with Crippen molar-refractivity contribution in [1.29, 1.82) is 0 Å². The Morgan fingerprint density at radius 2 is 2.21 bits per heavy atom. The topological polar surface area (TPSA) is 35.2 Å². The zero-order valence-corrected chi connectivity index (χ0v) is 9.99. The van der Waals surface area contributed by atoms with Gasteiger partial charge in [0.05, 0.1) is 12.6 Å². The van der Waals surface area contributed by atoms with Gasteiger partial charge in [0.15, 0.2) is 0 Å². The van der Waals surface area contributed by atoms with E-state index in [0.29, 0.717) is 6.61 Å². The predicted molar refractivity (Wildman–Crippen MR) is 61.8 cm³/mol. The van der Waals surface area contributed by atoms with Gasteiger partial charge in [-0.3, -0.25) is 0 Å². The van der Waals surface area contributed by atoms with Crippen LogP contribution >= 0.6 is 11.3 Å². The number of hydrogen-bond acceptors (Lipinski definition) is 3. The second kappa shape index (κ2) is 5.49. The number of hydrogen-bond donors (Lipinski definition) is 1. The molecule has 80 valence electrons. The van der Waals surface area contributed by atoms with Crippen molar-refractivity contribution in [3.05, 3.63) is 21.4 Å². The van der Waals surface area contributed by atoms with E-state index in [1.165, 1.54) is 15.3 Å². The Hall–Kier alpha value is -0.380. The lowest BCUT2D eigenvalue weighted by atomic mass is 10.2. The molecule has 0 bridgehead atoms. The first kappa shape index (κ1) is 11.7. The standard InChI is InChI=1S/C11H19NOS/c1-4-5-13-7-10(12)11-6-8(2)9(3)14-11/h6,10H,4-5,7,12H2,1-3H3. The maximum absolute atomic E-state index is 6.00. The average Bonchev–Trinajstić information content (AvgIpc) is 2.47. The first-order valence-electron chi connectivity index (χ1n) is 5.05. The Morgan fingerprint density at radius 3 is 2.71 bits per heavy atom. The number of nitrogens with two attached hydrogens (primary N) is 1. The normalized spacial score (nSPS) is 13.1. The summed E-state index contributed by atoms with van der Waals surface area (Å²) in [6, 6.07) is 2.21. The number of ether oxygens (including phenoxy) is 1. The third kappa shape index (κ3) is 3.08. The molecule has 14 heavy (non-hydrogen) atoms. The Morgan fingerprint density at radius 1 is 1.50 bits per heavy atom. The minimum Gasteiger partial charge on any atom is -0.379 e. The van der Waals surface area contributed by atoms with Gasteiger partial charge in [0.2, 0.25) is 0 Å². The molecule has 0 saturated heterocycles. The fourth-order valence-corrected chi connectivity index (χ4v) is 2.25. The molecule has 3 heteroatoms. The zero-order chi connectivity index (χ0) is 10.6. The molecule has 2 nitrogen and oxygen atoms in total. The van der Waals surface area contributed by atoms with E-state index in [-0.39, 0.29) is 6.04 Å². The van der Waals surface area contributed by atoms with Crippen molar-refractivity contribution in [2.24, 2.45) is 5.73 Å². The molecule has 1 heterocycles. The van der Waals surface area contributed by atoms with E-state index >= 15 is 0 Å². The summed E-state index contributed by atoms with van der Waals surface area (Å²) < 4.78 is 5.43. The molecule has 1 atom stereocenters. The van der Waals surface area contributed by atoms with E-state index in [2.05, 4.69) is 26.8 Å². The number of aryl methyl sites for hydroxylation is 2. The van der Waals surface area contributed by atoms with Crippen LogP contribution in [0.1, 0.15) is 34.7 Å². The van der Waals surface area contributed by atoms with E-state index < -0.39 is 0 Å². The zero-order valence-electron chi connectivity index (χ0n) is 9.17. The summed E-state index contributed by atoms with van der Waals surface area (Å²) in [5.41, 5.74) is 7.33. The molecule has 1 unspecified atom stereocenters. The molecule has 0 aromatic carbocycles. The molecule has 0 saturated carbocycles. The minimum absolute atomic E-state index is 0.0407. The van der Waals surface area contributed by atoms with Crippen LogP contribution in [0.2, 0.25) is 0 Å². The summed E-state index contributed by atoms with van der Waals surface area (Å²) in [7, 11) is 0. The van der Waals surface area contributed by atoms with Crippen molar-refractivity contribution in [3.8, 4) is 0 Å². The van der Waals surface area contributed by atoms with E-state index in [1.54, 1.807) is 11.3 Å². The summed E-state index contributed by atoms with van der Waals surface area (Å²) >= 11 is 1.78. The van der Waals surface area contributed by atoms with Crippen LogP contribution in [-0.4, -0.2) is 13.2 Å². The van der Waals surface area contributed by atoms with E-state index in [9.17, 15) is 0 Å². The molecule has 0 aliphatic rings. The highest BCUT2D eigenvalue weighted by Crippen LogP contribution is 2.25. The van der Waals surface area contributed by atoms with Gasteiger partial charge in [-0.2, -0.15) is 0 Å². The predicted octanol–water partition coefficient (Wildman–Crippen LogP) is 2.79. The van der Waals surface area contributed by atoms with Crippen molar-refractivity contribution in [2.45, 2.75) is 33.2 Å². The summed E-state index contributed by atoms with van der Waals surface area (Å²) in [6.07, 6.45) is 1.05. The largest absolute Gasteiger partial charge is 0.379 e. The molecule has 0 spiro atoms. The van der Waals surface area contributed by atoms with Crippen LogP contribution < -0.4 is 5.73 Å². The van der Waals surface area contributed by atoms with Gasteiger partial charge in [-0.15, -0.1) is 11.3 Å². The van der Waals surface area contributed by atoms with E-state index in [1.807, 2.05) is 0 Å². The van der Waals surface area contributed by atoms with Gasteiger partial charge in [0.1, 0.15) is 0 Å². The van der Waals surface area contributed by atoms with Crippen LogP contribution in [0.15, 0.2) is 6.07 Å². The summed E-state index contributed by atoms with van der Waals surface area (Å²) in [4.78, 5) is 2.59. The quantitative estimate of drug-likeness (QED) is 0.763. The maximum Gasteiger partial charge on any atom is 0.0667 e. The van der Waals surface area contributed by atoms with Crippen molar-refractivity contribution < 1.29 is 4.74 Å². The summed E-state index contributed by atoms with van der Waals surface area (Å²) in [5, 5.41) is 0. The SMILES string of the molecule is CCCOCC(N)c1cc(C)c(C)s1. The van der Waals surface area contributed by atoms with Gasteiger partial charge in [-0.1, -0.05) is 6.92 Å². The fraction of sp³-hybridized carbons (Fsp3) is 0.636. The van der Waals surface area contributed by atoms with Crippen molar-refractivity contribution in [2.75, 3.05) is 13.2 Å². The third-order valence-electron chi connectivity index (χ3n) is 2.20. The molecule has 1 rings (SSSR count). The molecule has 1 aromatic rings. The van der Waals surface area contributed by atoms with Crippen molar-refractivity contribution >= 4 is 11.3 Å². The van der Waals surface area contributed by atoms with Gasteiger partial charge in [0.25, 0.3) is 0 Å². The van der Waals surface area contributed by atoms with Gasteiger partial charge >= 0.3 is 0 Å². The van der Waals surface area contributed by atoms with Crippen LogP contribution in [0.4, 0.5) is 0 Å². The molecular weight excluding hydrogens is 194 g/mol. The molecule has 0 amide bonds. The third-order valence-corrected chi connectivity index (χ3v) is 3.48. The lowest BCUT2D eigenvalue weighted by Gasteiger charge is -2.09. The number of thiophene rings is 1. The molecular formula is C11H19NOS. The van der Waals surface area contributed by atoms with Gasteiger partial charge in [0, 0.05) is 16.4 Å². The van der Waals surface area contributed by atoms with Crippen LogP contribution in [0.5, 0.6) is 0 Å². The molecule has 0 aliphatic heterocycles. The lowest BCUT2D eigenvalue weighted by Crippen LogP contribution is -2.16. The Bertz CT molecular complexity index is 263. The first-order valence-corrected chi connectivity index (χ1v) is 5.87. The van der Waals surface area contributed by atoms with Gasteiger partial charge in [-0.25, -0.2) is 0 Å².